The van der Waals surface area contributed by atoms with Gasteiger partial charge in [-0.3, -0.25) is 0 Å². The third kappa shape index (κ3) is 3.97. The van der Waals surface area contributed by atoms with E-state index in [1.165, 1.54) is 26.3 Å². The van der Waals surface area contributed by atoms with Crippen molar-refractivity contribution in [3.63, 3.8) is 0 Å². The molecule has 7 heteroatoms. The van der Waals surface area contributed by atoms with Gasteiger partial charge in [0.2, 0.25) is 10.0 Å². The highest BCUT2D eigenvalue weighted by molar-refractivity contribution is 7.89. The van der Waals surface area contributed by atoms with Gasteiger partial charge in [-0.15, -0.1) is 0 Å². The molecule has 108 valence electrons. The lowest BCUT2D eigenvalue weighted by atomic mass is 10.2. The minimum absolute atomic E-state index is 0.247. The maximum absolute atomic E-state index is 13.7. The van der Waals surface area contributed by atoms with Gasteiger partial charge in [-0.2, -0.15) is 0 Å². The quantitative estimate of drug-likeness (QED) is 0.760. The Balaban J connectivity index is 2.93. The summed E-state index contributed by atoms with van der Waals surface area (Å²) in [5, 5.41) is 8.87. The van der Waals surface area contributed by atoms with E-state index in [1.54, 1.807) is 0 Å². The van der Waals surface area contributed by atoms with Crippen molar-refractivity contribution in [1.82, 2.24) is 4.31 Å². The third-order valence-corrected chi connectivity index (χ3v) is 4.58. The molecular formula is C12H18FNO4S. The minimum Gasteiger partial charge on any atom is -0.392 e. The highest BCUT2D eigenvalue weighted by Gasteiger charge is 2.24. The molecule has 0 radical (unpaired) electrons. The molecule has 0 saturated carbocycles. The molecule has 0 aliphatic rings. The Labute approximate surface area is 112 Å². The van der Waals surface area contributed by atoms with Gasteiger partial charge in [-0.1, -0.05) is 6.07 Å². The zero-order chi connectivity index (χ0) is 14.5. The highest BCUT2D eigenvalue weighted by atomic mass is 32.2. The molecule has 5 nitrogen and oxygen atoms in total. The third-order valence-electron chi connectivity index (χ3n) is 2.69. The van der Waals surface area contributed by atoms with Crippen LogP contribution < -0.4 is 0 Å². The molecule has 0 aromatic heterocycles. The van der Waals surface area contributed by atoms with Crippen molar-refractivity contribution in [3.05, 3.63) is 29.6 Å². The molecule has 0 bridgehead atoms. The molecule has 0 aliphatic carbocycles. The largest absolute Gasteiger partial charge is 0.392 e. The summed E-state index contributed by atoms with van der Waals surface area (Å²) in [6, 6.07) is 3.58. The van der Waals surface area contributed by atoms with Gasteiger partial charge in [0.25, 0.3) is 0 Å². The van der Waals surface area contributed by atoms with Crippen LogP contribution in [-0.2, 0) is 21.4 Å². The maximum atomic E-state index is 13.7. The van der Waals surface area contributed by atoms with E-state index in [1.807, 2.05) is 0 Å². The van der Waals surface area contributed by atoms with Crippen LogP contribution in [-0.4, -0.2) is 45.1 Å². The normalized spacial score (nSPS) is 12.1. The van der Waals surface area contributed by atoms with Gasteiger partial charge in [0.1, 0.15) is 10.7 Å². The van der Waals surface area contributed by atoms with Gasteiger partial charge in [0, 0.05) is 27.3 Å². The first-order chi connectivity index (χ1) is 8.93. The SMILES string of the molecule is COCCCN(C)S(=O)(=O)c1ccc(CO)cc1F. The van der Waals surface area contributed by atoms with Crippen molar-refractivity contribution < 1.29 is 22.7 Å². The van der Waals surface area contributed by atoms with E-state index in [4.69, 9.17) is 9.84 Å². The summed E-state index contributed by atoms with van der Waals surface area (Å²) >= 11 is 0. The van der Waals surface area contributed by atoms with Gasteiger partial charge in [0.15, 0.2) is 0 Å². The molecule has 1 aromatic carbocycles. The highest BCUT2D eigenvalue weighted by Crippen LogP contribution is 2.19. The van der Waals surface area contributed by atoms with Gasteiger partial charge in [-0.05, 0) is 24.1 Å². The Hall–Kier alpha value is -1.02. The molecule has 1 aromatic rings. The van der Waals surface area contributed by atoms with Crippen LogP contribution in [0.25, 0.3) is 0 Å². The molecule has 0 spiro atoms. The van der Waals surface area contributed by atoms with Gasteiger partial charge in [-0.25, -0.2) is 17.1 Å². The molecule has 0 aliphatic heterocycles. The van der Waals surface area contributed by atoms with Crippen LogP contribution in [0.5, 0.6) is 0 Å². The van der Waals surface area contributed by atoms with E-state index < -0.39 is 15.8 Å². The van der Waals surface area contributed by atoms with Crippen molar-refractivity contribution in [2.75, 3.05) is 27.3 Å². The number of sulfonamides is 1. The summed E-state index contributed by atoms with van der Waals surface area (Å²) in [4.78, 5) is -0.385. The van der Waals surface area contributed by atoms with E-state index in [0.717, 1.165) is 10.4 Å². The van der Waals surface area contributed by atoms with E-state index in [2.05, 4.69) is 0 Å². The van der Waals surface area contributed by atoms with E-state index in [-0.39, 0.29) is 18.0 Å². The Morgan fingerprint density at radius 3 is 2.63 bits per heavy atom. The first kappa shape index (κ1) is 16.0. The second-order valence-corrected chi connectivity index (χ2v) is 6.11. The number of rotatable bonds is 7. The Bertz CT molecular complexity index is 518. The maximum Gasteiger partial charge on any atom is 0.245 e. The smallest absolute Gasteiger partial charge is 0.245 e. The van der Waals surface area contributed by atoms with Crippen LogP contribution >= 0.6 is 0 Å². The first-order valence-corrected chi connectivity index (χ1v) is 7.22. The van der Waals surface area contributed by atoms with E-state index >= 15 is 0 Å². The molecule has 0 saturated heterocycles. The predicted octanol–water partition coefficient (Wildman–Crippen LogP) is 0.975. The lowest BCUT2D eigenvalue weighted by Crippen LogP contribution is -2.29. The van der Waals surface area contributed by atoms with Crippen LogP contribution in [0.4, 0.5) is 4.39 Å². The van der Waals surface area contributed by atoms with Crippen LogP contribution in [0.1, 0.15) is 12.0 Å². The number of benzene rings is 1. The lowest BCUT2D eigenvalue weighted by Gasteiger charge is -2.17. The fourth-order valence-electron chi connectivity index (χ4n) is 1.57. The monoisotopic (exact) mass is 291 g/mol. The molecule has 19 heavy (non-hydrogen) atoms. The molecule has 0 unspecified atom stereocenters. The van der Waals surface area contributed by atoms with Crippen molar-refractivity contribution in [2.24, 2.45) is 0 Å². The number of aliphatic hydroxyl groups excluding tert-OH is 1. The zero-order valence-electron chi connectivity index (χ0n) is 11.0. The summed E-state index contributed by atoms with van der Waals surface area (Å²) < 4.78 is 43.9. The molecule has 0 atom stereocenters. The van der Waals surface area contributed by atoms with E-state index in [0.29, 0.717) is 18.6 Å². The first-order valence-electron chi connectivity index (χ1n) is 5.78. The Morgan fingerprint density at radius 1 is 1.42 bits per heavy atom. The van der Waals surface area contributed by atoms with Crippen LogP contribution in [0.2, 0.25) is 0 Å². The number of ether oxygens (including phenoxy) is 1. The summed E-state index contributed by atoms with van der Waals surface area (Å²) in [5.74, 6) is -0.856. The zero-order valence-corrected chi connectivity index (χ0v) is 11.8. The number of hydrogen-bond donors (Lipinski definition) is 1. The van der Waals surface area contributed by atoms with Gasteiger partial charge < -0.3 is 9.84 Å². The van der Waals surface area contributed by atoms with Crippen molar-refractivity contribution >= 4 is 10.0 Å². The molecule has 1 rings (SSSR count). The average Bonchev–Trinajstić information content (AvgIpc) is 2.38. The summed E-state index contributed by atoms with van der Waals surface area (Å²) in [6.07, 6.45) is 0.530. The van der Waals surface area contributed by atoms with E-state index in [9.17, 15) is 12.8 Å². The topological polar surface area (TPSA) is 66.8 Å². The second-order valence-electron chi connectivity index (χ2n) is 4.10. The van der Waals surface area contributed by atoms with Crippen molar-refractivity contribution in [1.29, 1.82) is 0 Å². The van der Waals surface area contributed by atoms with Crippen LogP contribution in [0.3, 0.4) is 0 Å². The predicted molar refractivity (Wildman–Crippen MR) is 68.6 cm³/mol. The standard InChI is InChI=1S/C12H18FNO4S/c1-14(6-3-7-18-2)19(16,17)12-5-4-10(9-15)8-11(12)13/h4-5,8,15H,3,6-7,9H2,1-2H3. The Morgan fingerprint density at radius 2 is 2.11 bits per heavy atom. The van der Waals surface area contributed by atoms with Crippen LogP contribution in [0, 0.1) is 5.82 Å². The van der Waals surface area contributed by atoms with Crippen LogP contribution in [0.15, 0.2) is 23.1 Å². The molecule has 0 amide bonds. The summed E-state index contributed by atoms with van der Waals surface area (Å²) in [6.45, 7) is 0.351. The molecule has 0 heterocycles. The van der Waals surface area contributed by atoms with Gasteiger partial charge >= 0.3 is 0 Å². The van der Waals surface area contributed by atoms with Gasteiger partial charge in [0.05, 0.1) is 6.61 Å². The second kappa shape index (κ2) is 6.95. The number of methoxy groups -OCH3 is 1. The number of nitrogens with zero attached hydrogens (tertiary/aromatic N) is 1. The van der Waals surface area contributed by atoms with Crippen molar-refractivity contribution in [2.45, 2.75) is 17.9 Å². The number of aliphatic hydroxyl groups is 1. The summed E-state index contributed by atoms with van der Waals surface area (Å²) in [7, 11) is -0.931. The molecule has 1 N–H and O–H groups in total. The molecule has 0 fully saturated rings. The number of hydrogen-bond acceptors (Lipinski definition) is 4. The minimum atomic E-state index is -3.85. The lowest BCUT2D eigenvalue weighted by molar-refractivity contribution is 0.189. The number of halogens is 1. The van der Waals surface area contributed by atoms with Crippen molar-refractivity contribution in [3.8, 4) is 0 Å². The summed E-state index contributed by atoms with van der Waals surface area (Å²) in [5.41, 5.74) is 0.332. The fourth-order valence-corrected chi connectivity index (χ4v) is 2.82. The molecular weight excluding hydrogens is 273 g/mol. The fraction of sp³-hybridized carbons (Fsp3) is 0.500. The Kier molecular flexibility index (Phi) is 5.86. The average molecular weight is 291 g/mol.